The van der Waals surface area contributed by atoms with E-state index in [9.17, 15) is 9.18 Å². The highest BCUT2D eigenvalue weighted by Gasteiger charge is 2.20. The first kappa shape index (κ1) is 19.0. The Balaban J connectivity index is 0.00000225. The zero-order valence-corrected chi connectivity index (χ0v) is 14.8. The van der Waals surface area contributed by atoms with Gasteiger partial charge in [-0.15, -0.1) is 12.4 Å². The molecule has 0 bridgehead atoms. The minimum atomic E-state index is -0.446. The summed E-state index contributed by atoms with van der Waals surface area (Å²) in [5.41, 5.74) is 2.04. The molecule has 1 amide bonds. The maximum Gasteiger partial charge on any atom is 0.259 e. The van der Waals surface area contributed by atoms with Crippen molar-refractivity contribution >= 4 is 24.0 Å². The lowest BCUT2D eigenvalue weighted by molar-refractivity contribution is 0.102. The maximum absolute atomic E-state index is 14.7. The fraction of sp³-hybridized carbons (Fsp3) is 0.278. The van der Waals surface area contributed by atoms with Crippen LogP contribution in [-0.4, -0.2) is 26.7 Å². The van der Waals surface area contributed by atoms with Crippen molar-refractivity contribution in [2.24, 2.45) is 0 Å². The quantitative estimate of drug-likeness (QED) is 0.872. The molecule has 134 valence electrons. The number of hydrogen-bond donors (Lipinski definition) is 2. The van der Waals surface area contributed by atoms with Crippen LogP contribution in [0.1, 0.15) is 21.5 Å². The van der Waals surface area contributed by atoms with Gasteiger partial charge in [-0.1, -0.05) is 12.1 Å². The van der Waals surface area contributed by atoms with E-state index in [-0.39, 0.29) is 29.5 Å². The third kappa shape index (κ3) is 3.70. The second kappa shape index (κ2) is 8.18. The number of halogens is 2. The Morgan fingerprint density at radius 2 is 2.00 bits per heavy atom. The molecular formula is C18H20ClFN2O3. The molecule has 3 rings (SSSR count). The van der Waals surface area contributed by atoms with Crippen molar-refractivity contribution in [2.45, 2.75) is 13.0 Å². The molecule has 0 aromatic heterocycles. The maximum atomic E-state index is 14.7. The standard InChI is InChI=1S/C18H19FN2O3.ClH/c1-23-15-5-3-4-13(17(15)24-2)18(22)21-14-7-6-11-10-20-9-8-12(11)16(14)19;/h3-7,20H,8-10H2,1-2H3,(H,21,22);1H. The van der Waals surface area contributed by atoms with E-state index in [1.165, 1.54) is 14.2 Å². The Morgan fingerprint density at radius 3 is 2.72 bits per heavy atom. The van der Waals surface area contributed by atoms with Crippen molar-refractivity contribution in [3.63, 3.8) is 0 Å². The highest BCUT2D eigenvalue weighted by molar-refractivity contribution is 6.06. The fourth-order valence-electron chi connectivity index (χ4n) is 2.89. The molecule has 0 fully saturated rings. The third-order valence-electron chi connectivity index (χ3n) is 4.10. The molecule has 0 saturated carbocycles. The summed E-state index contributed by atoms with van der Waals surface area (Å²) < 4.78 is 25.1. The van der Waals surface area contributed by atoms with Gasteiger partial charge in [0.15, 0.2) is 11.5 Å². The van der Waals surface area contributed by atoms with E-state index in [1.54, 1.807) is 24.3 Å². The molecule has 0 atom stereocenters. The fourth-order valence-corrected chi connectivity index (χ4v) is 2.89. The van der Waals surface area contributed by atoms with Gasteiger partial charge in [-0.3, -0.25) is 4.79 Å². The third-order valence-corrected chi connectivity index (χ3v) is 4.10. The van der Waals surface area contributed by atoms with Crippen LogP contribution in [0.3, 0.4) is 0 Å². The first-order valence-corrected chi connectivity index (χ1v) is 7.69. The normalized spacial score (nSPS) is 12.6. The van der Waals surface area contributed by atoms with Crippen molar-refractivity contribution in [3.05, 3.63) is 52.8 Å². The largest absolute Gasteiger partial charge is 0.493 e. The van der Waals surface area contributed by atoms with Gasteiger partial charge in [-0.05, 0) is 42.3 Å². The van der Waals surface area contributed by atoms with E-state index in [2.05, 4.69) is 10.6 Å². The molecule has 1 aliphatic heterocycles. The number of fused-ring (bicyclic) bond motifs is 1. The number of ether oxygens (including phenoxy) is 2. The van der Waals surface area contributed by atoms with Gasteiger partial charge < -0.3 is 20.1 Å². The van der Waals surface area contributed by atoms with Crippen LogP contribution in [0.5, 0.6) is 11.5 Å². The number of rotatable bonds is 4. The molecule has 0 unspecified atom stereocenters. The Labute approximate surface area is 151 Å². The van der Waals surface area contributed by atoms with Crippen molar-refractivity contribution in [2.75, 3.05) is 26.1 Å². The first-order chi connectivity index (χ1) is 11.7. The lowest BCUT2D eigenvalue weighted by Gasteiger charge is -2.19. The van der Waals surface area contributed by atoms with E-state index in [4.69, 9.17) is 9.47 Å². The van der Waals surface area contributed by atoms with Crippen LogP contribution in [0.25, 0.3) is 0 Å². The first-order valence-electron chi connectivity index (χ1n) is 7.69. The number of nitrogens with one attached hydrogen (secondary N) is 2. The number of methoxy groups -OCH3 is 2. The Morgan fingerprint density at radius 1 is 1.20 bits per heavy atom. The summed E-state index contributed by atoms with van der Waals surface area (Å²) >= 11 is 0. The average Bonchev–Trinajstić information content (AvgIpc) is 2.63. The highest BCUT2D eigenvalue weighted by atomic mass is 35.5. The molecule has 1 aliphatic rings. The van der Waals surface area contributed by atoms with Gasteiger partial charge in [0, 0.05) is 6.54 Å². The molecule has 7 heteroatoms. The zero-order valence-electron chi connectivity index (χ0n) is 14.0. The number of anilines is 1. The van der Waals surface area contributed by atoms with Crippen LogP contribution in [-0.2, 0) is 13.0 Å². The predicted octanol–water partition coefficient (Wildman–Crippen LogP) is 3.16. The summed E-state index contributed by atoms with van der Waals surface area (Å²) in [6.45, 7) is 1.37. The summed E-state index contributed by atoms with van der Waals surface area (Å²) in [5.74, 6) is -0.0510. The summed E-state index contributed by atoms with van der Waals surface area (Å²) in [4.78, 5) is 12.6. The van der Waals surface area contributed by atoms with Crippen LogP contribution < -0.4 is 20.1 Å². The lowest BCUT2D eigenvalue weighted by Crippen LogP contribution is -2.25. The molecule has 25 heavy (non-hydrogen) atoms. The van der Waals surface area contributed by atoms with Crippen LogP contribution in [0, 0.1) is 5.82 Å². The van der Waals surface area contributed by atoms with Gasteiger partial charge in [-0.25, -0.2) is 4.39 Å². The van der Waals surface area contributed by atoms with Crippen molar-refractivity contribution in [1.29, 1.82) is 0 Å². The van der Waals surface area contributed by atoms with E-state index in [0.29, 0.717) is 30.0 Å². The zero-order chi connectivity index (χ0) is 17.1. The minimum absolute atomic E-state index is 0. The number of benzene rings is 2. The van der Waals surface area contributed by atoms with Crippen molar-refractivity contribution in [1.82, 2.24) is 5.32 Å². The van der Waals surface area contributed by atoms with Crippen LogP contribution in [0.2, 0.25) is 0 Å². The molecule has 2 N–H and O–H groups in total. The van der Waals surface area contributed by atoms with E-state index >= 15 is 0 Å². The van der Waals surface area contributed by atoms with Gasteiger partial charge in [0.25, 0.3) is 5.91 Å². The monoisotopic (exact) mass is 366 g/mol. The topological polar surface area (TPSA) is 59.6 Å². The van der Waals surface area contributed by atoms with E-state index < -0.39 is 5.91 Å². The molecule has 0 aliphatic carbocycles. The van der Waals surface area contributed by atoms with Gasteiger partial charge in [0.1, 0.15) is 5.82 Å². The summed E-state index contributed by atoms with van der Waals surface area (Å²) in [6.07, 6.45) is 0.605. The number of hydrogen-bond acceptors (Lipinski definition) is 4. The SMILES string of the molecule is COc1cccc(C(=O)Nc2ccc3c(c2F)CCNC3)c1OC.Cl. The van der Waals surface area contributed by atoms with Gasteiger partial charge in [0.05, 0.1) is 25.5 Å². The van der Waals surface area contributed by atoms with E-state index in [0.717, 1.165) is 12.1 Å². The molecule has 0 saturated heterocycles. The smallest absolute Gasteiger partial charge is 0.259 e. The van der Waals surface area contributed by atoms with Crippen molar-refractivity contribution in [3.8, 4) is 11.5 Å². The van der Waals surface area contributed by atoms with Gasteiger partial charge in [-0.2, -0.15) is 0 Å². The molecule has 5 nitrogen and oxygen atoms in total. The molecule has 1 heterocycles. The van der Waals surface area contributed by atoms with E-state index in [1.807, 2.05) is 6.07 Å². The number of carbonyl (C=O) groups excluding carboxylic acids is 1. The Kier molecular flexibility index (Phi) is 6.22. The Bertz CT molecular complexity index is 783. The van der Waals surface area contributed by atoms with Crippen LogP contribution in [0.15, 0.2) is 30.3 Å². The van der Waals surface area contributed by atoms with Gasteiger partial charge >= 0.3 is 0 Å². The predicted molar refractivity (Wildman–Crippen MR) is 96.6 cm³/mol. The molecule has 2 aromatic carbocycles. The van der Waals surface area contributed by atoms with Gasteiger partial charge in [0.2, 0.25) is 0 Å². The van der Waals surface area contributed by atoms with Crippen LogP contribution in [0.4, 0.5) is 10.1 Å². The second-order valence-electron chi connectivity index (χ2n) is 5.49. The summed E-state index contributed by atoms with van der Waals surface area (Å²) in [5, 5.41) is 5.83. The highest BCUT2D eigenvalue weighted by Crippen LogP contribution is 2.32. The molecule has 0 spiro atoms. The van der Waals surface area contributed by atoms with Crippen LogP contribution >= 0.6 is 12.4 Å². The summed E-state index contributed by atoms with van der Waals surface area (Å²) in [6, 6.07) is 8.42. The summed E-state index contributed by atoms with van der Waals surface area (Å²) in [7, 11) is 2.96. The lowest BCUT2D eigenvalue weighted by atomic mass is 9.99. The molecule has 0 radical (unpaired) electrons. The molecule has 2 aromatic rings. The minimum Gasteiger partial charge on any atom is -0.493 e. The molecular weight excluding hydrogens is 347 g/mol. The Hall–Kier alpha value is -2.31. The second-order valence-corrected chi connectivity index (χ2v) is 5.49. The number of para-hydroxylation sites is 1. The number of amides is 1. The van der Waals surface area contributed by atoms with Crippen molar-refractivity contribution < 1.29 is 18.7 Å². The average molecular weight is 367 g/mol. The number of carbonyl (C=O) groups is 1.